The van der Waals surface area contributed by atoms with Crippen molar-refractivity contribution in [3.63, 3.8) is 0 Å². The topological polar surface area (TPSA) is 65.4 Å². The van der Waals surface area contributed by atoms with Crippen LogP contribution in [0.15, 0.2) is 30.6 Å². The summed E-state index contributed by atoms with van der Waals surface area (Å²) < 4.78 is 13.4. The predicted octanol–water partition coefficient (Wildman–Crippen LogP) is 2.87. The molecule has 6 heteroatoms. The first kappa shape index (κ1) is 17.3. The minimum absolute atomic E-state index is 0.125. The van der Waals surface area contributed by atoms with Crippen molar-refractivity contribution in [2.24, 2.45) is 5.92 Å². The van der Waals surface area contributed by atoms with Crippen LogP contribution in [0.2, 0.25) is 0 Å². The van der Waals surface area contributed by atoms with Crippen molar-refractivity contribution >= 4 is 5.91 Å². The smallest absolute Gasteiger partial charge is 0.220 e. The third-order valence-corrected chi connectivity index (χ3v) is 4.21. The molecule has 1 aliphatic heterocycles. The van der Waals surface area contributed by atoms with Gasteiger partial charge in [0.15, 0.2) is 11.5 Å². The molecule has 1 aromatic carbocycles. The average molecular weight is 343 g/mol. The Kier molecular flexibility index (Phi) is 5.26. The Morgan fingerprint density at radius 3 is 2.88 bits per heavy atom. The summed E-state index contributed by atoms with van der Waals surface area (Å²) in [7, 11) is 1.64. The first-order valence-corrected chi connectivity index (χ1v) is 8.68. The molecule has 1 atom stereocenters. The third kappa shape index (κ3) is 4.13. The molecule has 0 saturated carbocycles. The van der Waals surface area contributed by atoms with Gasteiger partial charge in [0, 0.05) is 37.0 Å². The summed E-state index contributed by atoms with van der Waals surface area (Å²) in [4.78, 5) is 15.9. The second-order valence-electron chi connectivity index (χ2n) is 6.78. The summed E-state index contributed by atoms with van der Waals surface area (Å²) in [5.41, 5.74) is 0.961. The van der Waals surface area contributed by atoms with Crippen LogP contribution in [0.1, 0.15) is 26.7 Å². The number of ether oxygens (including phenoxy) is 2. The molecule has 1 saturated heterocycles. The van der Waals surface area contributed by atoms with E-state index in [4.69, 9.17) is 9.47 Å². The molecule has 3 rings (SSSR count). The summed E-state index contributed by atoms with van der Waals surface area (Å²) in [6, 6.07) is 6.02. The average Bonchev–Trinajstić information content (AvgIpc) is 3.22. The molecule has 1 aromatic heterocycles. The monoisotopic (exact) mass is 343 g/mol. The number of methoxy groups -OCH3 is 1. The Hall–Kier alpha value is -2.50. The summed E-state index contributed by atoms with van der Waals surface area (Å²) in [5.74, 6) is 2.86. The van der Waals surface area contributed by atoms with Gasteiger partial charge in [-0.15, -0.1) is 0 Å². The van der Waals surface area contributed by atoms with Crippen LogP contribution in [0.25, 0.3) is 11.4 Å². The number of hydrogen-bond donors (Lipinski definition) is 1. The molecule has 6 nitrogen and oxygen atoms in total. The van der Waals surface area contributed by atoms with Crippen LogP contribution in [-0.2, 0) is 11.3 Å². The fourth-order valence-electron chi connectivity index (χ4n) is 2.95. The normalized spacial score (nSPS) is 17.0. The van der Waals surface area contributed by atoms with Gasteiger partial charge in [-0.05, 0) is 30.5 Å². The van der Waals surface area contributed by atoms with Gasteiger partial charge in [-0.25, -0.2) is 4.98 Å². The van der Waals surface area contributed by atoms with Crippen LogP contribution in [-0.4, -0.2) is 35.2 Å². The van der Waals surface area contributed by atoms with E-state index in [2.05, 4.69) is 28.7 Å². The maximum absolute atomic E-state index is 11.4. The van der Waals surface area contributed by atoms with Crippen LogP contribution in [0.4, 0.5) is 0 Å². The van der Waals surface area contributed by atoms with E-state index in [-0.39, 0.29) is 11.9 Å². The van der Waals surface area contributed by atoms with Crippen LogP contribution in [0.5, 0.6) is 11.5 Å². The fourth-order valence-corrected chi connectivity index (χ4v) is 2.95. The van der Waals surface area contributed by atoms with Crippen LogP contribution in [0, 0.1) is 5.92 Å². The summed E-state index contributed by atoms with van der Waals surface area (Å²) in [5, 5.41) is 3.00. The van der Waals surface area contributed by atoms with E-state index in [1.54, 1.807) is 13.3 Å². The zero-order valence-electron chi connectivity index (χ0n) is 15.0. The molecule has 2 aromatic rings. The molecule has 1 unspecified atom stereocenters. The minimum Gasteiger partial charge on any atom is -0.493 e. The number of nitrogens with one attached hydrogen (secondary N) is 1. The second-order valence-corrected chi connectivity index (χ2v) is 6.78. The number of nitrogens with zero attached hydrogens (tertiary/aromatic N) is 2. The van der Waals surface area contributed by atoms with Crippen LogP contribution < -0.4 is 14.8 Å². The van der Waals surface area contributed by atoms with Crippen LogP contribution >= 0.6 is 0 Å². The van der Waals surface area contributed by atoms with Crippen molar-refractivity contribution in [2.45, 2.75) is 39.3 Å². The highest BCUT2D eigenvalue weighted by Crippen LogP contribution is 2.32. The largest absolute Gasteiger partial charge is 0.493 e. The lowest BCUT2D eigenvalue weighted by molar-refractivity contribution is -0.119. The number of amides is 1. The zero-order chi connectivity index (χ0) is 17.8. The molecule has 25 heavy (non-hydrogen) atoms. The third-order valence-electron chi connectivity index (χ3n) is 4.21. The van der Waals surface area contributed by atoms with Crippen LogP contribution in [0.3, 0.4) is 0 Å². The van der Waals surface area contributed by atoms with Crippen molar-refractivity contribution in [1.82, 2.24) is 14.9 Å². The molecule has 0 aliphatic carbocycles. The number of hydrogen-bond acceptors (Lipinski definition) is 4. The van der Waals surface area contributed by atoms with Crippen molar-refractivity contribution in [1.29, 1.82) is 0 Å². The predicted molar refractivity (Wildman–Crippen MR) is 95.7 cm³/mol. The van der Waals surface area contributed by atoms with Crippen molar-refractivity contribution in [3.8, 4) is 22.9 Å². The van der Waals surface area contributed by atoms with E-state index in [0.717, 1.165) is 30.1 Å². The lowest BCUT2D eigenvalue weighted by Crippen LogP contribution is -2.29. The molecule has 0 bridgehead atoms. The van der Waals surface area contributed by atoms with Crippen molar-refractivity contribution in [3.05, 3.63) is 30.6 Å². The quantitative estimate of drug-likeness (QED) is 0.839. The Bertz CT molecular complexity index is 739. The summed E-state index contributed by atoms with van der Waals surface area (Å²) in [6.45, 7) is 5.58. The number of rotatable bonds is 7. The molecular formula is C19H25N3O3. The van der Waals surface area contributed by atoms with E-state index in [9.17, 15) is 4.79 Å². The Morgan fingerprint density at radius 2 is 2.20 bits per heavy atom. The fraction of sp³-hybridized carbons (Fsp3) is 0.474. The van der Waals surface area contributed by atoms with Gasteiger partial charge in [0.1, 0.15) is 5.82 Å². The van der Waals surface area contributed by atoms with Gasteiger partial charge in [-0.1, -0.05) is 13.8 Å². The number of benzene rings is 1. The van der Waals surface area contributed by atoms with Gasteiger partial charge < -0.3 is 19.4 Å². The first-order chi connectivity index (χ1) is 12.1. The molecule has 1 aliphatic rings. The lowest BCUT2D eigenvalue weighted by Gasteiger charge is -2.16. The molecule has 1 fully saturated rings. The number of carbonyl (C=O) groups excluding carboxylic acids is 1. The summed E-state index contributed by atoms with van der Waals surface area (Å²) >= 11 is 0. The standard InChI is InChI=1S/C19H25N3O3/c1-13(2)12-25-16-6-4-14(10-17(16)24-3)19-20-8-9-22(19)11-15-5-7-18(23)21-15/h4,6,8-10,13,15H,5,7,11-12H2,1-3H3,(H,21,23). The molecule has 134 valence electrons. The Balaban J connectivity index is 1.80. The summed E-state index contributed by atoms with van der Waals surface area (Å²) in [6.07, 6.45) is 5.18. The molecule has 2 heterocycles. The molecule has 1 N–H and O–H groups in total. The van der Waals surface area contributed by atoms with E-state index in [0.29, 0.717) is 24.7 Å². The van der Waals surface area contributed by atoms with E-state index < -0.39 is 0 Å². The Labute approximate surface area is 148 Å². The SMILES string of the molecule is COc1cc(-c2nccn2CC2CCC(=O)N2)ccc1OCC(C)C. The van der Waals surface area contributed by atoms with Gasteiger partial charge in [-0.2, -0.15) is 0 Å². The molecule has 1 amide bonds. The molecule has 0 spiro atoms. The highest BCUT2D eigenvalue weighted by atomic mass is 16.5. The Morgan fingerprint density at radius 1 is 1.36 bits per heavy atom. The highest BCUT2D eigenvalue weighted by Gasteiger charge is 2.22. The van der Waals surface area contributed by atoms with Gasteiger partial charge in [-0.3, -0.25) is 4.79 Å². The van der Waals surface area contributed by atoms with Crippen molar-refractivity contribution in [2.75, 3.05) is 13.7 Å². The highest BCUT2D eigenvalue weighted by molar-refractivity contribution is 5.78. The second kappa shape index (κ2) is 7.59. The van der Waals surface area contributed by atoms with Gasteiger partial charge in [0.25, 0.3) is 0 Å². The number of aromatic nitrogens is 2. The maximum Gasteiger partial charge on any atom is 0.220 e. The number of imidazole rings is 1. The number of carbonyl (C=O) groups is 1. The minimum atomic E-state index is 0.125. The first-order valence-electron chi connectivity index (χ1n) is 8.68. The lowest BCUT2D eigenvalue weighted by atomic mass is 10.1. The van der Waals surface area contributed by atoms with E-state index >= 15 is 0 Å². The van der Waals surface area contributed by atoms with Crippen molar-refractivity contribution < 1.29 is 14.3 Å². The van der Waals surface area contributed by atoms with Gasteiger partial charge >= 0.3 is 0 Å². The van der Waals surface area contributed by atoms with Gasteiger partial charge in [0.2, 0.25) is 5.91 Å². The van der Waals surface area contributed by atoms with E-state index in [1.165, 1.54) is 0 Å². The molecular weight excluding hydrogens is 318 g/mol. The van der Waals surface area contributed by atoms with E-state index in [1.807, 2.05) is 24.4 Å². The maximum atomic E-state index is 11.4. The zero-order valence-corrected chi connectivity index (χ0v) is 15.0. The van der Waals surface area contributed by atoms with Gasteiger partial charge in [0.05, 0.1) is 13.7 Å². The molecule has 0 radical (unpaired) electrons.